The lowest BCUT2D eigenvalue weighted by Crippen LogP contribution is -2.12. The van der Waals surface area contributed by atoms with Gasteiger partial charge in [-0.05, 0) is 30.0 Å². The Morgan fingerprint density at radius 1 is 1.33 bits per heavy atom. The molecule has 0 atom stereocenters. The molecule has 1 aromatic heterocycles. The van der Waals surface area contributed by atoms with Crippen LogP contribution in [-0.2, 0) is 6.54 Å². The molecule has 0 amide bonds. The van der Waals surface area contributed by atoms with E-state index in [4.69, 9.17) is 0 Å². The summed E-state index contributed by atoms with van der Waals surface area (Å²) in [6, 6.07) is 8.52. The third-order valence-corrected chi connectivity index (χ3v) is 2.34. The minimum atomic E-state index is 0.749. The van der Waals surface area contributed by atoms with Gasteiger partial charge >= 0.3 is 0 Å². The van der Waals surface area contributed by atoms with Crippen molar-refractivity contribution in [3.05, 3.63) is 36.0 Å². The summed E-state index contributed by atoms with van der Waals surface area (Å²) in [5, 5.41) is 4.53. The molecule has 1 heterocycles. The van der Waals surface area contributed by atoms with Crippen molar-refractivity contribution >= 4 is 10.9 Å². The highest BCUT2D eigenvalue weighted by Gasteiger charge is 1.96. The zero-order valence-electron chi connectivity index (χ0n) is 8.80. The number of aromatic amines is 1. The molecule has 76 valence electrons. The molecule has 0 saturated carbocycles. The highest BCUT2D eigenvalue weighted by atomic mass is 14.8. The molecule has 1 aromatic carbocycles. The lowest BCUT2D eigenvalue weighted by atomic mass is 10.1. The Hall–Kier alpha value is -1.72. The van der Waals surface area contributed by atoms with Crippen molar-refractivity contribution in [2.75, 3.05) is 6.54 Å². The fraction of sp³-hybridized carbons (Fsp3) is 0.231. The average Bonchev–Trinajstić information content (AvgIpc) is 2.71. The summed E-state index contributed by atoms with van der Waals surface area (Å²) < 4.78 is 0. The van der Waals surface area contributed by atoms with Gasteiger partial charge in [0.2, 0.25) is 0 Å². The molecule has 0 aliphatic carbocycles. The van der Waals surface area contributed by atoms with Crippen LogP contribution in [0.3, 0.4) is 0 Å². The summed E-state index contributed by atoms with van der Waals surface area (Å²) in [7, 11) is 0. The topological polar surface area (TPSA) is 27.8 Å². The molecule has 0 aliphatic heterocycles. The van der Waals surface area contributed by atoms with Crippen LogP contribution in [0.5, 0.6) is 0 Å². The van der Waals surface area contributed by atoms with Crippen LogP contribution in [0.4, 0.5) is 0 Å². The Morgan fingerprint density at radius 2 is 2.27 bits per heavy atom. The van der Waals surface area contributed by atoms with Crippen molar-refractivity contribution in [3.63, 3.8) is 0 Å². The molecule has 0 bridgehead atoms. The zero-order chi connectivity index (χ0) is 10.5. The summed E-state index contributed by atoms with van der Waals surface area (Å²) >= 11 is 0. The van der Waals surface area contributed by atoms with Crippen LogP contribution in [0.15, 0.2) is 30.5 Å². The number of hydrogen-bond donors (Lipinski definition) is 2. The average molecular weight is 198 g/mol. The Morgan fingerprint density at radius 3 is 3.13 bits per heavy atom. The number of rotatable bonds is 3. The Kier molecular flexibility index (Phi) is 3.06. The monoisotopic (exact) mass is 198 g/mol. The Labute approximate surface area is 89.7 Å². The molecule has 0 spiro atoms. The number of fused-ring (bicyclic) bond motifs is 1. The number of hydrogen-bond acceptors (Lipinski definition) is 1. The first-order chi connectivity index (χ1) is 7.40. The Bertz CT molecular complexity index is 500. The molecule has 0 saturated heterocycles. The smallest absolute Gasteiger partial charge is 0.0578 e. The SMILES string of the molecule is CC#CCNCc1ccc2cc[nH]c2c1. The van der Waals surface area contributed by atoms with Crippen LogP contribution in [0.25, 0.3) is 10.9 Å². The first kappa shape index (κ1) is 9.82. The van der Waals surface area contributed by atoms with Crippen molar-refractivity contribution in [2.45, 2.75) is 13.5 Å². The van der Waals surface area contributed by atoms with Gasteiger partial charge in [-0.2, -0.15) is 0 Å². The molecule has 2 N–H and O–H groups in total. The van der Waals surface area contributed by atoms with E-state index in [0.717, 1.165) is 13.1 Å². The van der Waals surface area contributed by atoms with Gasteiger partial charge in [-0.25, -0.2) is 0 Å². The maximum Gasteiger partial charge on any atom is 0.0578 e. The molecule has 0 unspecified atom stereocenters. The van der Waals surface area contributed by atoms with Crippen LogP contribution in [0.2, 0.25) is 0 Å². The summed E-state index contributed by atoms with van der Waals surface area (Å²) in [5.74, 6) is 5.84. The largest absolute Gasteiger partial charge is 0.361 e. The summed E-state index contributed by atoms with van der Waals surface area (Å²) in [6.45, 7) is 3.47. The van der Waals surface area contributed by atoms with E-state index in [1.54, 1.807) is 0 Å². The number of H-pyrrole nitrogens is 1. The summed E-state index contributed by atoms with van der Waals surface area (Å²) in [4.78, 5) is 3.21. The second-order valence-electron chi connectivity index (χ2n) is 3.43. The molecule has 0 fully saturated rings. The first-order valence-corrected chi connectivity index (χ1v) is 5.06. The second-order valence-corrected chi connectivity index (χ2v) is 3.43. The summed E-state index contributed by atoms with van der Waals surface area (Å²) in [6.07, 6.45) is 1.96. The van der Waals surface area contributed by atoms with Gasteiger partial charge in [0.25, 0.3) is 0 Å². The van der Waals surface area contributed by atoms with E-state index < -0.39 is 0 Å². The van der Waals surface area contributed by atoms with E-state index in [-0.39, 0.29) is 0 Å². The summed E-state index contributed by atoms with van der Waals surface area (Å²) in [5.41, 5.74) is 2.47. The lowest BCUT2D eigenvalue weighted by Gasteiger charge is -2.01. The van der Waals surface area contributed by atoms with Gasteiger partial charge in [0.05, 0.1) is 6.54 Å². The Balaban J connectivity index is 2.03. The van der Waals surface area contributed by atoms with Gasteiger partial charge in [0.15, 0.2) is 0 Å². The number of benzene rings is 1. The number of aromatic nitrogens is 1. The molecule has 2 rings (SSSR count). The van der Waals surface area contributed by atoms with Crippen molar-refractivity contribution in [3.8, 4) is 11.8 Å². The van der Waals surface area contributed by atoms with Crippen molar-refractivity contribution < 1.29 is 0 Å². The molecular weight excluding hydrogens is 184 g/mol. The first-order valence-electron chi connectivity index (χ1n) is 5.06. The van der Waals surface area contributed by atoms with Crippen LogP contribution in [0, 0.1) is 11.8 Å². The maximum atomic E-state index is 3.27. The standard InChI is InChI=1S/C13H14N2/c1-2-3-7-14-10-11-4-5-12-6-8-15-13(12)9-11/h4-6,8-9,14-15H,7,10H2,1H3. The van der Waals surface area contributed by atoms with Gasteiger partial charge in [0.1, 0.15) is 0 Å². The predicted octanol–water partition coefficient (Wildman–Crippen LogP) is 2.28. The van der Waals surface area contributed by atoms with Crippen LogP contribution in [0.1, 0.15) is 12.5 Å². The van der Waals surface area contributed by atoms with Gasteiger partial charge in [-0.1, -0.05) is 18.1 Å². The predicted molar refractivity (Wildman–Crippen MR) is 63.5 cm³/mol. The van der Waals surface area contributed by atoms with Crippen LogP contribution < -0.4 is 5.32 Å². The molecule has 15 heavy (non-hydrogen) atoms. The molecule has 2 aromatic rings. The van der Waals surface area contributed by atoms with Crippen molar-refractivity contribution in [1.82, 2.24) is 10.3 Å². The molecule has 2 nitrogen and oxygen atoms in total. The van der Waals surface area contributed by atoms with Gasteiger partial charge in [-0.3, -0.25) is 0 Å². The minimum Gasteiger partial charge on any atom is -0.361 e. The van der Waals surface area contributed by atoms with E-state index >= 15 is 0 Å². The van der Waals surface area contributed by atoms with Gasteiger partial charge in [0, 0.05) is 18.3 Å². The fourth-order valence-electron chi connectivity index (χ4n) is 1.56. The van der Waals surface area contributed by atoms with E-state index in [1.807, 2.05) is 13.1 Å². The number of nitrogens with one attached hydrogen (secondary N) is 2. The minimum absolute atomic E-state index is 0.749. The molecule has 0 radical (unpaired) electrons. The van der Waals surface area contributed by atoms with Crippen molar-refractivity contribution in [2.24, 2.45) is 0 Å². The molecule has 0 aliphatic rings. The van der Waals surface area contributed by atoms with E-state index in [9.17, 15) is 0 Å². The van der Waals surface area contributed by atoms with E-state index in [1.165, 1.54) is 16.5 Å². The van der Waals surface area contributed by atoms with Gasteiger partial charge in [-0.15, -0.1) is 5.92 Å². The normalized spacial score (nSPS) is 9.93. The zero-order valence-corrected chi connectivity index (χ0v) is 8.80. The highest BCUT2D eigenvalue weighted by Crippen LogP contribution is 2.13. The fourth-order valence-corrected chi connectivity index (χ4v) is 1.56. The maximum absolute atomic E-state index is 3.27. The van der Waals surface area contributed by atoms with Crippen LogP contribution >= 0.6 is 0 Å². The van der Waals surface area contributed by atoms with Gasteiger partial charge < -0.3 is 10.3 Å². The van der Waals surface area contributed by atoms with E-state index in [2.05, 4.69) is 46.4 Å². The van der Waals surface area contributed by atoms with Crippen molar-refractivity contribution in [1.29, 1.82) is 0 Å². The third kappa shape index (κ3) is 2.39. The highest BCUT2D eigenvalue weighted by molar-refractivity contribution is 5.79. The lowest BCUT2D eigenvalue weighted by molar-refractivity contribution is 0.770. The van der Waals surface area contributed by atoms with E-state index in [0.29, 0.717) is 0 Å². The third-order valence-electron chi connectivity index (χ3n) is 2.34. The quantitative estimate of drug-likeness (QED) is 0.574. The molecular formula is C13H14N2. The second kappa shape index (κ2) is 4.68. The molecule has 2 heteroatoms. The van der Waals surface area contributed by atoms with Crippen LogP contribution in [-0.4, -0.2) is 11.5 Å².